The van der Waals surface area contributed by atoms with Gasteiger partial charge in [0.25, 0.3) is 11.8 Å². The highest BCUT2D eigenvalue weighted by molar-refractivity contribution is 6.32. The molecule has 136 valence electrons. The number of hydrogen-bond donors (Lipinski definition) is 2. The number of halogens is 2. The van der Waals surface area contributed by atoms with Gasteiger partial charge in [0.15, 0.2) is 13.2 Å². The highest BCUT2D eigenvalue weighted by atomic mass is 35.5. The Bertz CT molecular complexity index is 810. The lowest BCUT2D eigenvalue weighted by atomic mass is 10.2. The molecule has 0 radical (unpaired) electrons. The summed E-state index contributed by atoms with van der Waals surface area (Å²) in [6, 6.07) is 11.4. The predicted octanol–water partition coefficient (Wildman–Crippen LogP) is 2.39. The molecular formula is C17H15Cl2N3O4. The summed E-state index contributed by atoms with van der Waals surface area (Å²) in [6.45, 7) is -0.462. The zero-order valence-electron chi connectivity index (χ0n) is 13.4. The Balaban J connectivity index is 1.81. The van der Waals surface area contributed by atoms with E-state index in [2.05, 4.69) is 10.5 Å². The Hall–Kier alpha value is -2.77. The van der Waals surface area contributed by atoms with Crippen LogP contribution in [0, 0.1) is 0 Å². The number of rotatable bonds is 8. The number of nitrogens with one attached hydrogen (secondary N) is 1. The largest absolute Gasteiger partial charge is 0.484 e. The second-order valence-electron chi connectivity index (χ2n) is 4.98. The fourth-order valence-electron chi connectivity index (χ4n) is 1.75. The van der Waals surface area contributed by atoms with Crippen LogP contribution in [-0.2, 0) is 9.59 Å². The topological polar surface area (TPSA) is 103 Å². The second kappa shape index (κ2) is 9.65. The van der Waals surface area contributed by atoms with Crippen molar-refractivity contribution in [2.45, 2.75) is 0 Å². The van der Waals surface area contributed by atoms with Gasteiger partial charge in [-0.3, -0.25) is 9.59 Å². The number of carbonyl (C=O) groups excluding carboxylic acids is 2. The van der Waals surface area contributed by atoms with Crippen LogP contribution in [0.1, 0.15) is 5.56 Å². The Morgan fingerprint density at radius 3 is 2.46 bits per heavy atom. The molecule has 0 fully saturated rings. The van der Waals surface area contributed by atoms with Gasteiger partial charge in [-0.05, 0) is 48.0 Å². The van der Waals surface area contributed by atoms with E-state index in [-0.39, 0.29) is 18.2 Å². The molecule has 0 aliphatic rings. The standard InChI is InChI=1S/C17H15Cl2N3O4/c18-12-2-4-13(5-3-12)25-10-17(24)22-21-8-11-1-6-15(14(19)7-11)26-9-16(20)23/h1-8H,9-10H2,(H2,20,23)(H,22,24). The molecule has 26 heavy (non-hydrogen) atoms. The first kappa shape index (κ1) is 19.6. The zero-order chi connectivity index (χ0) is 18.9. The summed E-state index contributed by atoms with van der Waals surface area (Å²) < 4.78 is 10.4. The summed E-state index contributed by atoms with van der Waals surface area (Å²) in [5.74, 6) is -0.186. The van der Waals surface area contributed by atoms with Crippen molar-refractivity contribution in [2.24, 2.45) is 10.8 Å². The van der Waals surface area contributed by atoms with E-state index < -0.39 is 11.8 Å². The van der Waals surface area contributed by atoms with Crippen LogP contribution >= 0.6 is 23.2 Å². The molecule has 0 heterocycles. The van der Waals surface area contributed by atoms with Gasteiger partial charge >= 0.3 is 0 Å². The molecule has 2 aromatic carbocycles. The highest BCUT2D eigenvalue weighted by Gasteiger charge is 2.05. The third kappa shape index (κ3) is 6.62. The summed E-state index contributed by atoms with van der Waals surface area (Å²) in [6.07, 6.45) is 1.41. The second-order valence-corrected chi connectivity index (χ2v) is 5.82. The molecule has 0 aliphatic heterocycles. The minimum absolute atomic E-state index is 0.195. The van der Waals surface area contributed by atoms with Gasteiger partial charge in [0.05, 0.1) is 11.2 Å². The van der Waals surface area contributed by atoms with Crippen LogP contribution in [-0.4, -0.2) is 31.2 Å². The Kier molecular flexibility index (Phi) is 7.25. The summed E-state index contributed by atoms with van der Waals surface area (Å²) in [7, 11) is 0. The maximum atomic E-state index is 11.7. The molecule has 0 saturated carbocycles. The van der Waals surface area contributed by atoms with E-state index in [9.17, 15) is 9.59 Å². The zero-order valence-corrected chi connectivity index (χ0v) is 15.0. The van der Waals surface area contributed by atoms with E-state index in [0.29, 0.717) is 22.1 Å². The average Bonchev–Trinajstić information content (AvgIpc) is 2.60. The molecule has 0 saturated heterocycles. The van der Waals surface area contributed by atoms with Crippen molar-refractivity contribution < 1.29 is 19.1 Å². The van der Waals surface area contributed by atoms with E-state index >= 15 is 0 Å². The quantitative estimate of drug-likeness (QED) is 0.528. The van der Waals surface area contributed by atoms with E-state index in [1.165, 1.54) is 6.21 Å². The van der Waals surface area contributed by atoms with Gasteiger partial charge in [-0.2, -0.15) is 5.10 Å². The lowest BCUT2D eigenvalue weighted by Gasteiger charge is -2.06. The molecular weight excluding hydrogens is 381 g/mol. The highest BCUT2D eigenvalue weighted by Crippen LogP contribution is 2.24. The van der Waals surface area contributed by atoms with Crippen molar-refractivity contribution in [3.63, 3.8) is 0 Å². The number of nitrogens with zero attached hydrogens (tertiary/aromatic N) is 1. The van der Waals surface area contributed by atoms with Gasteiger partial charge in [0.1, 0.15) is 11.5 Å². The number of nitrogens with two attached hydrogens (primary N) is 1. The maximum Gasteiger partial charge on any atom is 0.277 e. The number of hydrazone groups is 1. The Labute approximate surface area is 159 Å². The van der Waals surface area contributed by atoms with Crippen molar-refractivity contribution >= 4 is 41.2 Å². The first-order chi connectivity index (χ1) is 12.4. The number of primary amides is 1. The predicted molar refractivity (Wildman–Crippen MR) is 98.8 cm³/mol. The minimum Gasteiger partial charge on any atom is -0.484 e. The molecule has 0 aromatic heterocycles. The van der Waals surface area contributed by atoms with Crippen LogP contribution in [0.15, 0.2) is 47.6 Å². The van der Waals surface area contributed by atoms with Crippen LogP contribution in [0.3, 0.4) is 0 Å². The van der Waals surface area contributed by atoms with Crippen molar-refractivity contribution in [3.05, 3.63) is 58.1 Å². The van der Waals surface area contributed by atoms with Crippen LogP contribution < -0.4 is 20.6 Å². The molecule has 0 spiro atoms. The molecule has 3 N–H and O–H groups in total. The third-order valence-electron chi connectivity index (χ3n) is 2.91. The number of benzene rings is 2. The van der Waals surface area contributed by atoms with Gasteiger partial charge in [0, 0.05) is 5.02 Å². The van der Waals surface area contributed by atoms with E-state index in [0.717, 1.165) is 0 Å². The number of hydrogen-bond acceptors (Lipinski definition) is 5. The van der Waals surface area contributed by atoms with Crippen LogP contribution in [0.25, 0.3) is 0 Å². The van der Waals surface area contributed by atoms with E-state index in [1.54, 1.807) is 42.5 Å². The van der Waals surface area contributed by atoms with Gasteiger partial charge in [-0.25, -0.2) is 5.43 Å². The van der Waals surface area contributed by atoms with Crippen molar-refractivity contribution in [3.8, 4) is 11.5 Å². The number of amides is 2. The van der Waals surface area contributed by atoms with Gasteiger partial charge < -0.3 is 15.2 Å². The van der Waals surface area contributed by atoms with Crippen LogP contribution in [0.5, 0.6) is 11.5 Å². The lowest BCUT2D eigenvalue weighted by molar-refractivity contribution is -0.123. The maximum absolute atomic E-state index is 11.7. The Morgan fingerprint density at radius 1 is 1.08 bits per heavy atom. The smallest absolute Gasteiger partial charge is 0.277 e. The summed E-state index contributed by atoms with van der Waals surface area (Å²) in [5, 5.41) is 4.68. The van der Waals surface area contributed by atoms with E-state index in [1.807, 2.05) is 0 Å². The fourth-order valence-corrected chi connectivity index (χ4v) is 2.12. The van der Waals surface area contributed by atoms with Crippen molar-refractivity contribution in [2.75, 3.05) is 13.2 Å². The summed E-state index contributed by atoms with van der Waals surface area (Å²) in [5.41, 5.74) is 7.95. The number of ether oxygens (including phenoxy) is 2. The molecule has 2 amide bonds. The molecule has 9 heteroatoms. The monoisotopic (exact) mass is 395 g/mol. The van der Waals surface area contributed by atoms with Crippen LogP contribution in [0.4, 0.5) is 0 Å². The molecule has 0 bridgehead atoms. The minimum atomic E-state index is -0.602. The third-order valence-corrected chi connectivity index (χ3v) is 3.46. The van der Waals surface area contributed by atoms with Gasteiger partial charge in [-0.1, -0.05) is 23.2 Å². The molecule has 0 aliphatic carbocycles. The molecule has 7 nitrogen and oxygen atoms in total. The SMILES string of the molecule is NC(=O)COc1ccc(C=NNC(=O)COc2ccc(Cl)cc2)cc1Cl. The molecule has 2 aromatic rings. The lowest BCUT2D eigenvalue weighted by Crippen LogP contribution is -2.24. The average molecular weight is 396 g/mol. The molecule has 2 rings (SSSR count). The normalized spacial score (nSPS) is 10.5. The fraction of sp³-hybridized carbons (Fsp3) is 0.118. The van der Waals surface area contributed by atoms with Crippen LogP contribution in [0.2, 0.25) is 10.0 Å². The molecule has 0 atom stereocenters. The first-order valence-corrected chi connectivity index (χ1v) is 8.10. The van der Waals surface area contributed by atoms with E-state index in [4.69, 9.17) is 38.4 Å². The van der Waals surface area contributed by atoms with Gasteiger partial charge in [-0.15, -0.1) is 0 Å². The first-order valence-electron chi connectivity index (χ1n) is 7.35. The Morgan fingerprint density at radius 2 is 1.81 bits per heavy atom. The number of carbonyl (C=O) groups is 2. The molecule has 0 unspecified atom stereocenters. The van der Waals surface area contributed by atoms with Gasteiger partial charge in [0.2, 0.25) is 0 Å². The summed E-state index contributed by atoms with van der Waals surface area (Å²) in [4.78, 5) is 22.4. The summed E-state index contributed by atoms with van der Waals surface area (Å²) >= 11 is 11.8. The van der Waals surface area contributed by atoms with Crippen molar-refractivity contribution in [1.29, 1.82) is 0 Å². The van der Waals surface area contributed by atoms with Crippen molar-refractivity contribution in [1.82, 2.24) is 5.43 Å².